The number of nitrogens with one attached hydrogen (secondary N) is 1. The van der Waals surface area contributed by atoms with Gasteiger partial charge < -0.3 is 15.4 Å². The molecule has 0 aliphatic carbocycles. The van der Waals surface area contributed by atoms with E-state index in [1.54, 1.807) is 0 Å². The van der Waals surface area contributed by atoms with Gasteiger partial charge in [-0.3, -0.25) is 4.79 Å². The Morgan fingerprint density at radius 2 is 2.11 bits per heavy atom. The second-order valence-corrected chi connectivity index (χ2v) is 3.50. The Labute approximate surface area is 106 Å². The third kappa shape index (κ3) is 4.67. The minimum absolute atomic E-state index is 0.168. The van der Waals surface area contributed by atoms with Gasteiger partial charge in [0.05, 0.1) is 19.0 Å². The highest BCUT2D eigenvalue weighted by Crippen LogP contribution is 2.17. The number of hydrazine groups is 1. The van der Waals surface area contributed by atoms with E-state index >= 15 is 0 Å². The highest BCUT2D eigenvalue weighted by Gasteiger charge is 2.33. The third-order valence-electron chi connectivity index (χ3n) is 2.05. The third-order valence-corrected chi connectivity index (χ3v) is 2.05. The summed E-state index contributed by atoms with van der Waals surface area (Å²) in [7, 11) is 0. The molecule has 1 amide bonds. The number of carbonyl (C=O) groups is 1. The predicted octanol–water partition coefficient (Wildman–Crippen LogP) is -0.241. The van der Waals surface area contributed by atoms with Gasteiger partial charge in [-0.15, -0.1) is 0 Å². The van der Waals surface area contributed by atoms with E-state index in [2.05, 4.69) is 15.4 Å². The number of hydrogen-bond acceptors (Lipinski definition) is 6. The van der Waals surface area contributed by atoms with E-state index in [0.717, 1.165) is 12.4 Å². The normalized spacial score (nSPS) is 11.2. The van der Waals surface area contributed by atoms with Crippen LogP contribution in [0.4, 0.5) is 19.0 Å². The van der Waals surface area contributed by atoms with Gasteiger partial charge in [-0.2, -0.15) is 13.2 Å². The van der Waals surface area contributed by atoms with Crippen molar-refractivity contribution in [2.24, 2.45) is 5.84 Å². The lowest BCUT2D eigenvalue weighted by atomic mass is 10.3. The van der Waals surface area contributed by atoms with Crippen molar-refractivity contribution in [1.82, 2.24) is 14.9 Å². The first-order valence-electron chi connectivity index (χ1n) is 5.13. The lowest BCUT2D eigenvalue weighted by Crippen LogP contribution is -2.41. The van der Waals surface area contributed by atoms with Gasteiger partial charge in [0.2, 0.25) is 0 Å². The summed E-state index contributed by atoms with van der Waals surface area (Å²) in [6, 6.07) is 0. The zero-order chi connectivity index (χ0) is 14.5. The molecule has 0 bridgehead atoms. The fraction of sp³-hybridized carbons (Fsp3) is 0.444. The average molecular weight is 279 g/mol. The summed E-state index contributed by atoms with van der Waals surface area (Å²) < 4.78 is 36.9. The number of halogens is 3. The number of aliphatic hydroxyl groups is 1. The number of nitrogens with two attached hydrogens (primary N) is 1. The number of alkyl halides is 3. The first-order chi connectivity index (χ1) is 8.87. The number of rotatable bonds is 5. The Balaban J connectivity index is 2.85. The average Bonchev–Trinajstić information content (AvgIpc) is 2.36. The second kappa shape index (κ2) is 6.29. The van der Waals surface area contributed by atoms with Crippen molar-refractivity contribution in [1.29, 1.82) is 0 Å². The van der Waals surface area contributed by atoms with Crippen LogP contribution >= 0.6 is 0 Å². The van der Waals surface area contributed by atoms with E-state index in [1.807, 2.05) is 0 Å². The van der Waals surface area contributed by atoms with Crippen LogP contribution in [-0.4, -0.2) is 51.8 Å². The summed E-state index contributed by atoms with van der Waals surface area (Å²) in [5.74, 6) is 4.23. The molecule has 4 N–H and O–H groups in total. The number of hydrogen-bond donors (Lipinski definition) is 3. The number of carbonyl (C=O) groups excluding carboxylic acids is 1. The van der Waals surface area contributed by atoms with Crippen molar-refractivity contribution in [3.8, 4) is 0 Å². The number of nitrogens with zero attached hydrogens (tertiary/aromatic N) is 3. The number of anilines is 1. The Kier molecular flexibility index (Phi) is 5.01. The molecular weight excluding hydrogens is 267 g/mol. The quantitative estimate of drug-likeness (QED) is 0.507. The SMILES string of the molecule is NNc1cnc(C(=O)N(CCO)CC(F)(F)F)cn1. The molecule has 0 aliphatic heterocycles. The smallest absolute Gasteiger partial charge is 0.395 e. The van der Waals surface area contributed by atoms with Crippen molar-refractivity contribution in [2.45, 2.75) is 6.18 Å². The topological polar surface area (TPSA) is 104 Å². The fourth-order valence-corrected chi connectivity index (χ4v) is 1.26. The van der Waals surface area contributed by atoms with Gasteiger partial charge in [-0.25, -0.2) is 15.8 Å². The molecule has 1 heterocycles. The van der Waals surface area contributed by atoms with Gasteiger partial charge in [0.1, 0.15) is 12.2 Å². The molecule has 1 rings (SSSR count). The van der Waals surface area contributed by atoms with E-state index in [1.165, 1.54) is 0 Å². The van der Waals surface area contributed by atoms with E-state index < -0.39 is 31.8 Å². The van der Waals surface area contributed by atoms with Crippen molar-refractivity contribution in [2.75, 3.05) is 25.1 Å². The van der Waals surface area contributed by atoms with Crippen molar-refractivity contribution < 1.29 is 23.1 Å². The molecule has 0 radical (unpaired) electrons. The zero-order valence-corrected chi connectivity index (χ0v) is 9.68. The number of aliphatic hydroxyl groups excluding tert-OH is 1. The van der Waals surface area contributed by atoms with E-state index in [0.29, 0.717) is 4.90 Å². The van der Waals surface area contributed by atoms with Gasteiger partial charge in [0.15, 0.2) is 5.82 Å². The summed E-state index contributed by atoms with van der Waals surface area (Å²) in [6.45, 7) is -2.50. The highest BCUT2D eigenvalue weighted by molar-refractivity contribution is 5.92. The van der Waals surface area contributed by atoms with Crippen LogP contribution < -0.4 is 11.3 Å². The Morgan fingerprint density at radius 3 is 2.53 bits per heavy atom. The van der Waals surface area contributed by atoms with Crippen LogP contribution in [0.3, 0.4) is 0 Å². The molecule has 19 heavy (non-hydrogen) atoms. The molecule has 0 spiro atoms. The van der Waals surface area contributed by atoms with Crippen molar-refractivity contribution in [3.05, 3.63) is 18.1 Å². The Bertz CT molecular complexity index is 423. The van der Waals surface area contributed by atoms with Crippen LogP contribution in [0, 0.1) is 0 Å². The largest absolute Gasteiger partial charge is 0.406 e. The standard InChI is InChI=1S/C9H12F3N5O2/c10-9(11,12)5-17(1-2-18)8(19)6-3-15-7(16-13)4-14-6/h3-4,18H,1-2,5,13H2,(H,15,16). The molecule has 0 fully saturated rings. The zero-order valence-electron chi connectivity index (χ0n) is 9.68. The minimum atomic E-state index is -4.56. The monoisotopic (exact) mass is 279 g/mol. The molecule has 106 valence electrons. The van der Waals surface area contributed by atoms with Crippen LogP contribution in [0.5, 0.6) is 0 Å². The molecule has 1 aromatic rings. The van der Waals surface area contributed by atoms with Crippen molar-refractivity contribution in [3.63, 3.8) is 0 Å². The number of amides is 1. The van der Waals surface area contributed by atoms with Crippen LogP contribution in [0.15, 0.2) is 12.4 Å². The molecule has 0 atom stereocenters. The maximum absolute atomic E-state index is 12.3. The van der Waals surface area contributed by atoms with Crippen LogP contribution in [0.1, 0.15) is 10.5 Å². The first-order valence-corrected chi connectivity index (χ1v) is 5.13. The first kappa shape index (κ1) is 15.1. The van der Waals surface area contributed by atoms with Gasteiger partial charge in [0.25, 0.3) is 5.91 Å². The van der Waals surface area contributed by atoms with Crippen LogP contribution in [-0.2, 0) is 0 Å². The lowest BCUT2D eigenvalue weighted by molar-refractivity contribution is -0.141. The molecule has 0 aliphatic rings. The molecular formula is C9H12F3N5O2. The fourth-order valence-electron chi connectivity index (χ4n) is 1.26. The summed E-state index contributed by atoms with van der Waals surface area (Å²) in [5, 5.41) is 8.69. The maximum atomic E-state index is 12.3. The number of nitrogen functional groups attached to an aromatic ring is 1. The molecule has 10 heteroatoms. The van der Waals surface area contributed by atoms with E-state index in [4.69, 9.17) is 10.9 Å². The number of aromatic nitrogens is 2. The van der Waals surface area contributed by atoms with Gasteiger partial charge in [-0.1, -0.05) is 0 Å². The molecule has 7 nitrogen and oxygen atoms in total. The second-order valence-electron chi connectivity index (χ2n) is 3.50. The Morgan fingerprint density at radius 1 is 1.42 bits per heavy atom. The van der Waals surface area contributed by atoms with Crippen LogP contribution in [0.2, 0.25) is 0 Å². The van der Waals surface area contributed by atoms with Gasteiger partial charge in [0, 0.05) is 6.54 Å². The molecule has 0 saturated heterocycles. The highest BCUT2D eigenvalue weighted by atomic mass is 19.4. The maximum Gasteiger partial charge on any atom is 0.406 e. The van der Waals surface area contributed by atoms with Crippen molar-refractivity contribution >= 4 is 11.7 Å². The van der Waals surface area contributed by atoms with E-state index in [-0.39, 0.29) is 11.5 Å². The molecule has 1 aromatic heterocycles. The predicted molar refractivity (Wildman–Crippen MR) is 58.9 cm³/mol. The van der Waals surface area contributed by atoms with Gasteiger partial charge >= 0.3 is 6.18 Å². The summed E-state index contributed by atoms with van der Waals surface area (Å²) in [4.78, 5) is 19.5. The summed E-state index contributed by atoms with van der Waals surface area (Å²) in [5.41, 5.74) is 1.90. The minimum Gasteiger partial charge on any atom is -0.395 e. The summed E-state index contributed by atoms with van der Waals surface area (Å²) in [6.07, 6.45) is -2.45. The molecule has 0 aromatic carbocycles. The Hall–Kier alpha value is -1.94. The van der Waals surface area contributed by atoms with Crippen LogP contribution in [0.25, 0.3) is 0 Å². The molecule has 0 saturated carbocycles. The summed E-state index contributed by atoms with van der Waals surface area (Å²) >= 11 is 0. The lowest BCUT2D eigenvalue weighted by Gasteiger charge is -2.22. The van der Waals surface area contributed by atoms with Gasteiger partial charge in [-0.05, 0) is 0 Å². The molecule has 0 unspecified atom stereocenters. The van der Waals surface area contributed by atoms with E-state index in [9.17, 15) is 18.0 Å².